The van der Waals surface area contributed by atoms with Crippen LogP contribution >= 0.6 is 63.7 Å². The highest BCUT2D eigenvalue weighted by Crippen LogP contribution is 2.36. The molecule has 2 aromatic carbocycles. The van der Waals surface area contributed by atoms with Crippen LogP contribution in [-0.4, -0.2) is 33.2 Å². The van der Waals surface area contributed by atoms with E-state index in [0.717, 1.165) is 12.2 Å². The Balaban J connectivity index is 2.18. The molecule has 12 heteroatoms. The SMILES string of the molecule is O=C(/C=C/C(=O)Oc1c(Br)cc(Br)cc1C(O)O)Oc1c(Br)cc(Br)cc1C(=O)O. The van der Waals surface area contributed by atoms with Crippen molar-refractivity contribution in [2.24, 2.45) is 0 Å². The smallest absolute Gasteiger partial charge is 0.339 e. The van der Waals surface area contributed by atoms with Gasteiger partial charge in [0.1, 0.15) is 5.56 Å². The number of esters is 2. The fourth-order valence-electron chi connectivity index (χ4n) is 2.11. The van der Waals surface area contributed by atoms with Crippen molar-refractivity contribution in [3.63, 3.8) is 0 Å². The van der Waals surface area contributed by atoms with Gasteiger partial charge in [-0.25, -0.2) is 14.4 Å². The average Bonchev–Trinajstić information content (AvgIpc) is 2.63. The molecule has 0 aliphatic rings. The summed E-state index contributed by atoms with van der Waals surface area (Å²) in [5.41, 5.74) is -0.369. The van der Waals surface area contributed by atoms with E-state index >= 15 is 0 Å². The molecule has 0 unspecified atom stereocenters. The predicted octanol–water partition coefficient (Wildman–Crippen LogP) is 4.49. The lowest BCUT2D eigenvalue weighted by atomic mass is 10.2. The molecule has 0 aromatic heterocycles. The molecule has 0 atom stereocenters. The number of carboxylic acids is 1. The van der Waals surface area contributed by atoms with Crippen molar-refractivity contribution in [3.05, 3.63) is 65.4 Å². The summed E-state index contributed by atoms with van der Waals surface area (Å²) in [6.07, 6.45) is -0.429. The van der Waals surface area contributed by atoms with E-state index in [1.807, 2.05) is 0 Å². The number of aliphatic hydroxyl groups is 2. The second-order valence-electron chi connectivity index (χ2n) is 5.42. The molecule has 8 nitrogen and oxygen atoms in total. The average molecular weight is 674 g/mol. The largest absolute Gasteiger partial charge is 0.478 e. The molecule has 2 rings (SSSR count). The number of carbonyl (C=O) groups excluding carboxylic acids is 2. The lowest BCUT2D eigenvalue weighted by Crippen LogP contribution is -2.12. The summed E-state index contributed by atoms with van der Waals surface area (Å²) in [5, 5.41) is 28.1. The lowest BCUT2D eigenvalue weighted by molar-refractivity contribution is -0.131. The predicted molar refractivity (Wildman–Crippen MR) is 118 cm³/mol. The molecule has 0 spiro atoms. The molecule has 0 aliphatic carbocycles. The molecule has 0 saturated heterocycles. The molecule has 3 N–H and O–H groups in total. The summed E-state index contributed by atoms with van der Waals surface area (Å²) < 4.78 is 11.5. The highest BCUT2D eigenvalue weighted by molar-refractivity contribution is 9.11. The van der Waals surface area contributed by atoms with E-state index in [4.69, 9.17) is 9.47 Å². The topological polar surface area (TPSA) is 130 Å². The number of carboxylic acid groups (broad SMARTS) is 1. The third-order valence-corrected chi connectivity index (χ3v) is 5.41. The fraction of sp³-hybridized carbons (Fsp3) is 0.0556. The Kier molecular flexibility index (Phi) is 8.76. The maximum absolute atomic E-state index is 12.0. The minimum absolute atomic E-state index is 0.0922. The zero-order valence-electron chi connectivity index (χ0n) is 14.4. The van der Waals surface area contributed by atoms with Gasteiger partial charge in [-0.15, -0.1) is 0 Å². The lowest BCUT2D eigenvalue weighted by Gasteiger charge is -2.13. The van der Waals surface area contributed by atoms with Crippen LogP contribution in [-0.2, 0) is 9.59 Å². The Morgan fingerprint density at radius 2 is 1.27 bits per heavy atom. The maximum atomic E-state index is 12.0. The van der Waals surface area contributed by atoms with Crippen LogP contribution in [0.3, 0.4) is 0 Å². The number of halogens is 4. The van der Waals surface area contributed by atoms with E-state index in [1.165, 1.54) is 24.3 Å². The molecular weight excluding hydrogens is 664 g/mol. The Hall–Kier alpha value is -1.57. The van der Waals surface area contributed by atoms with Gasteiger partial charge in [-0.2, -0.15) is 0 Å². The third-order valence-electron chi connectivity index (χ3n) is 3.31. The van der Waals surface area contributed by atoms with Crippen LogP contribution in [0.25, 0.3) is 0 Å². The van der Waals surface area contributed by atoms with E-state index in [9.17, 15) is 29.7 Å². The van der Waals surface area contributed by atoms with Crippen molar-refractivity contribution in [2.75, 3.05) is 0 Å². The van der Waals surface area contributed by atoms with Crippen molar-refractivity contribution >= 4 is 81.6 Å². The number of carbonyl (C=O) groups is 3. The summed E-state index contributed by atoms with van der Waals surface area (Å²) in [6.45, 7) is 0. The van der Waals surface area contributed by atoms with E-state index in [-0.39, 0.29) is 31.6 Å². The zero-order chi connectivity index (χ0) is 22.6. The quantitative estimate of drug-likeness (QED) is 0.177. The van der Waals surface area contributed by atoms with Crippen molar-refractivity contribution in [1.29, 1.82) is 0 Å². The number of rotatable bonds is 6. The van der Waals surface area contributed by atoms with Crippen molar-refractivity contribution in [1.82, 2.24) is 0 Å². The second-order valence-corrected chi connectivity index (χ2v) is 8.96. The molecule has 0 fully saturated rings. The van der Waals surface area contributed by atoms with Crippen LogP contribution in [0.1, 0.15) is 22.2 Å². The first-order valence-corrected chi connectivity index (χ1v) is 10.9. The number of hydrogen-bond donors (Lipinski definition) is 3. The van der Waals surface area contributed by atoms with Gasteiger partial charge < -0.3 is 24.8 Å². The number of aliphatic hydroxyl groups excluding tert-OH is 1. The molecule has 0 bridgehead atoms. The molecule has 158 valence electrons. The minimum atomic E-state index is -1.92. The molecule has 30 heavy (non-hydrogen) atoms. The third kappa shape index (κ3) is 6.46. The standard InChI is InChI=1S/C18H10Br4O8/c19-7-3-9(17(25)26)15(11(21)5-7)29-13(23)1-2-14(24)30-16-10(18(27)28)4-8(20)6-12(16)22/h1-6,17,25-26H,(H,27,28)/b2-1+. The van der Waals surface area contributed by atoms with Crippen LogP contribution in [0.5, 0.6) is 11.5 Å². The molecule has 0 saturated carbocycles. The number of hydrogen-bond acceptors (Lipinski definition) is 7. The fourth-order valence-corrected chi connectivity index (χ4v) is 4.75. The first-order valence-electron chi connectivity index (χ1n) is 7.68. The molecule has 0 amide bonds. The van der Waals surface area contributed by atoms with Crippen molar-refractivity contribution in [2.45, 2.75) is 6.29 Å². The summed E-state index contributed by atoms with van der Waals surface area (Å²) in [4.78, 5) is 35.4. The van der Waals surface area contributed by atoms with Gasteiger partial charge in [0.05, 0.1) is 14.5 Å². The van der Waals surface area contributed by atoms with Gasteiger partial charge in [0.15, 0.2) is 17.8 Å². The van der Waals surface area contributed by atoms with Gasteiger partial charge in [0.2, 0.25) is 0 Å². The van der Waals surface area contributed by atoms with Gasteiger partial charge in [0, 0.05) is 21.1 Å². The summed E-state index contributed by atoms with van der Waals surface area (Å²) in [5.74, 6) is -3.76. The second kappa shape index (κ2) is 10.6. The molecule has 0 radical (unpaired) electrons. The Morgan fingerprint density at radius 3 is 1.77 bits per heavy atom. The van der Waals surface area contributed by atoms with Crippen LogP contribution in [0, 0.1) is 0 Å². The Bertz CT molecular complexity index is 1050. The van der Waals surface area contributed by atoms with E-state index in [1.54, 1.807) is 0 Å². The maximum Gasteiger partial charge on any atom is 0.339 e. The number of ether oxygens (including phenoxy) is 2. The van der Waals surface area contributed by atoms with E-state index in [2.05, 4.69) is 63.7 Å². The van der Waals surface area contributed by atoms with Gasteiger partial charge in [-0.3, -0.25) is 0 Å². The number of benzene rings is 2. The summed E-state index contributed by atoms with van der Waals surface area (Å²) >= 11 is 12.6. The van der Waals surface area contributed by atoms with E-state index in [0.29, 0.717) is 8.95 Å². The normalized spacial score (nSPS) is 11.0. The van der Waals surface area contributed by atoms with Crippen LogP contribution < -0.4 is 9.47 Å². The molecule has 0 heterocycles. The minimum Gasteiger partial charge on any atom is -0.478 e. The first-order chi connectivity index (χ1) is 14.0. The van der Waals surface area contributed by atoms with Crippen molar-refractivity contribution < 1.29 is 39.2 Å². The van der Waals surface area contributed by atoms with Crippen LogP contribution in [0.4, 0.5) is 0 Å². The van der Waals surface area contributed by atoms with Gasteiger partial charge in [-0.05, 0) is 56.1 Å². The van der Waals surface area contributed by atoms with Crippen LogP contribution in [0.15, 0.2) is 54.3 Å². The van der Waals surface area contributed by atoms with E-state index < -0.39 is 24.2 Å². The van der Waals surface area contributed by atoms with Gasteiger partial charge in [0.25, 0.3) is 0 Å². The van der Waals surface area contributed by atoms with Gasteiger partial charge >= 0.3 is 17.9 Å². The Morgan fingerprint density at radius 1 is 0.800 bits per heavy atom. The molecular formula is C18H10Br4O8. The molecule has 2 aromatic rings. The summed E-state index contributed by atoms with van der Waals surface area (Å²) in [7, 11) is 0. The molecule has 0 aliphatic heterocycles. The highest BCUT2D eigenvalue weighted by atomic mass is 79.9. The van der Waals surface area contributed by atoms with Gasteiger partial charge in [-0.1, -0.05) is 31.9 Å². The highest BCUT2D eigenvalue weighted by Gasteiger charge is 2.20. The Labute approximate surface area is 203 Å². The summed E-state index contributed by atoms with van der Waals surface area (Å²) in [6, 6.07) is 5.60. The van der Waals surface area contributed by atoms with Crippen molar-refractivity contribution in [3.8, 4) is 11.5 Å². The first kappa shape index (κ1) is 24.7. The monoisotopic (exact) mass is 670 g/mol. The zero-order valence-corrected chi connectivity index (χ0v) is 20.8. The van der Waals surface area contributed by atoms with Crippen LogP contribution in [0.2, 0.25) is 0 Å². The number of aromatic carboxylic acids is 1.